The molecule has 22 heavy (non-hydrogen) atoms. The molecule has 0 amide bonds. The predicted octanol–water partition coefficient (Wildman–Crippen LogP) is 4.00. The molecule has 0 spiro atoms. The van der Waals surface area contributed by atoms with Crippen molar-refractivity contribution in [3.8, 4) is 5.75 Å². The van der Waals surface area contributed by atoms with Gasteiger partial charge in [0, 0.05) is 19.3 Å². The second kappa shape index (κ2) is 8.06. The van der Waals surface area contributed by atoms with Crippen LogP contribution in [0.3, 0.4) is 0 Å². The van der Waals surface area contributed by atoms with E-state index < -0.39 is 5.60 Å². The van der Waals surface area contributed by atoms with E-state index in [0.717, 1.165) is 22.6 Å². The Morgan fingerprint density at radius 1 is 1.09 bits per heavy atom. The van der Waals surface area contributed by atoms with Crippen molar-refractivity contribution >= 4 is 18.1 Å². The molecule has 0 saturated heterocycles. The Kier molecular flexibility index (Phi) is 6.72. The van der Waals surface area contributed by atoms with Crippen molar-refractivity contribution in [2.75, 3.05) is 19.0 Å². The first-order chi connectivity index (χ1) is 10.0. The van der Waals surface area contributed by atoms with Crippen LogP contribution in [0.25, 0.3) is 0 Å². The molecule has 2 rings (SSSR count). The van der Waals surface area contributed by atoms with Crippen LogP contribution in [0.4, 0.5) is 5.69 Å². The Bertz CT molecular complexity index is 582. The minimum atomic E-state index is -0.411. The van der Waals surface area contributed by atoms with E-state index in [1.54, 1.807) is 0 Å². The van der Waals surface area contributed by atoms with Crippen molar-refractivity contribution in [2.45, 2.75) is 25.9 Å². The average Bonchev–Trinajstić information content (AvgIpc) is 2.49. The van der Waals surface area contributed by atoms with Crippen LogP contribution in [-0.4, -0.2) is 18.8 Å². The lowest BCUT2D eigenvalue weighted by Gasteiger charge is -2.27. The fraction of sp³-hybridized carbons (Fsp3) is 0.333. The van der Waals surface area contributed by atoms with Gasteiger partial charge in [0.1, 0.15) is 11.4 Å². The van der Waals surface area contributed by atoms with Crippen LogP contribution < -0.4 is 10.1 Å². The summed E-state index contributed by atoms with van der Waals surface area (Å²) < 4.78 is 6.13. The van der Waals surface area contributed by atoms with Gasteiger partial charge in [0.05, 0.1) is 0 Å². The highest BCUT2D eigenvalue weighted by molar-refractivity contribution is 5.85. The van der Waals surface area contributed by atoms with Crippen molar-refractivity contribution in [3.05, 3.63) is 59.7 Å². The lowest BCUT2D eigenvalue weighted by Crippen LogP contribution is -2.25. The van der Waals surface area contributed by atoms with E-state index >= 15 is 0 Å². The lowest BCUT2D eigenvalue weighted by atomic mass is 9.97. The first-order valence-electron chi connectivity index (χ1n) is 7.22. The van der Waals surface area contributed by atoms with Crippen molar-refractivity contribution in [1.29, 1.82) is 0 Å². The molecule has 0 unspecified atom stereocenters. The van der Waals surface area contributed by atoms with E-state index in [1.807, 2.05) is 43.4 Å². The van der Waals surface area contributed by atoms with Crippen molar-refractivity contribution in [2.24, 2.45) is 0 Å². The molecule has 2 aromatic rings. The maximum atomic E-state index is 8.94. The summed E-state index contributed by atoms with van der Waals surface area (Å²) >= 11 is 0. The second-order valence-electron chi connectivity index (χ2n) is 5.56. The van der Waals surface area contributed by atoms with Gasteiger partial charge in [0.15, 0.2) is 0 Å². The van der Waals surface area contributed by atoms with Gasteiger partial charge in [0.25, 0.3) is 0 Å². The number of benzene rings is 2. The fourth-order valence-electron chi connectivity index (χ4n) is 2.26. The molecule has 0 saturated carbocycles. The third-order valence-electron chi connectivity index (χ3n) is 3.54. The van der Waals surface area contributed by atoms with E-state index in [4.69, 9.17) is 9.84 Å². The fourth-order valence-corrected chi connectivity index (χ4v) is 2.26. The zero-order chi connectivity index (χ0) is 15.3. The summed E-state index contributed by atoms with van der Waals surface area (Å²) in [7, 11) is 1.91. The molecule has 2 aromatic carbocycles. The lowest BCUT2D eigenvalue weighted by molar-refractivity contribution is 0.109. The van der Waals surface area contributed by atoms with Crippen LogP contribution in [-0.2, 0) is 12.0 Å². The Morgan fingerprint density at radius 3 is 2.36 bits per heavy atom. The zero-order valence-electron chi connectivity index (χ0n) is 13.3. The Balaban J connectivity index is 0.00000242. The molecule has 0 aromatic heterocycles. The van der Waals surface area contributed by atoms with Crippen LogP contribution in [0.5, 0.6) is 5.75 Å². The van der Waals surface area contributed by atoms with Gasteiger partial charge < -0.3 is 15.2 Å². The number of rotatable bonds is 6. The van der Waals surface area contributed by atoms with Crippen molar-refractivity contribution in [1.82, 2.24) is 0 Å². The summed E-state index contributed by atoms with van der Waals surface area (Å²) in [6.45, 7) is 4.29. The molecule has 2 N–H and O–H groups in total. The summed E-state index contributed by atoms with van der Waals surface area (Å²) in [5.41, 5.74) is 2.89. The first kappa shape index (κ1) is 18.3. The normalized spacial score (nSPS) is 10.7. The van der Waals surface area contributed by atoms with Crippen molar-refractivity contribution in [3.63, 3.8) is 0 Å². The molecular weight excluding hydrogens is 298 g/mol. The SMILES string of the molecule is CNc1cccc(C(C)(C)Oc2ccc(CCO)cc2)c1.Cl. The van der Waals surface area contributed by atoms with Gasteiger partial charge in [0.2, 0.25) is 0 Å². The summed E-state index contributed by atoms with van der Waals surface area (Å²) in [5, 5.41) is 12.1. The van der Waals surface area contributed by atoms with Crippen LogP contribution in [0.15, 0.2) is 48.5 Å². The number of anilines is 1. The summed E-state index contributed by atoms with van der Waals surface area (Å²) in [6, 6.07) is 16.1. The van der Waals surface area contributed by atoms with Gasteiger partial charge in [-0.1, -0.05) is 24.3 Å². The highest BCUT2D eigenvalue weighted by Crippen LogP contribution is 2.29. The van der Waals surface area contributed by atoms with E-state index in [1.165, 1.54) is 0 Å². The molecule has 0 fully saturated rings. The van der Waals surface area contributed by atoms with Gasteiger partial charge in [-0.3, -0.25) is 0 Å². The minimum Gasteiger partial charge on any atom is -0.483 e. The highest BCUT2D eigenvalue weighted by atomic mass is 35.5. The van der Waals surface area contributed by atoms with Gasteiger partial charge in [-0.05, 0) is 55.7 Å². The van der Waals surface area contributed by atoms with Crippen LogP contribution in [0.1, 0.15) is 25.0 Å². The quantitative estimate of drug-likeness (QED) is 0.845. The molecule has 0 aliphatic rings. The van der Waals surface area contributed by atoms with Crippen LogP contribution >= 0.6 is 12.4 Å². The number of ether oxygens (including phenoxy) is 1. The van der Waals surface area contributed by atoms with Gasteiger partial charge in [-0.2, -0.15) is 0 Å². The summed E-state index contributed by atoms with van der Waals surface area (Å²) in [4.78, 5) is 0. The minimum absolute atomic E-state index is 0. The smallest absolute Gasteiger partial charge is 0.128 e. The molecular formula is C18H24ClNO2. The molecule has 3 nitrogen and oxygen atoms in total. The maximum absolute atomic E-state index is 8.94. The number of aliphatic hydroxyl groups excluding tert-OH is 1. The summed E-state index contributed by atoms with van der Waals surface area (Å²) in [5.74, 6) is 0.830. The molecule has 0 bridgehead atoms. The van der Waals surface area contributed by atoms with Crippen LogP contribution in [0, 0.1) is 0 Å². The summed E-state index contributed by atoms with van der Waals surface area (Å²) in [6.07, 6.45) is 0.674. The Hall–Kier alpha value is -1.71. The number of hydrogen-bond donors (Lipinski definition) is 2. The van der Waals surface area contributed by atoms with E-state index in [2.05, 4.69) is 31.3 Å². The van der Waals surface area contributed by atoms with Crippen molar-refractivity contribution < 1.29 is 9.84 Å². The van der Waals surface area contributed by atoms with Gasteiger partial charge in [-0.25, -0.2) is 0 Å². The maximum Gasteiger partial charge on any atom is 0.128 e. The highest BCUT2D eigenvalue weighted by Gasteiger charge is 2.22. The van der Waals surface area contributed by atoms with E-state index in [0.29, 0.717) is 6.42 Å². The average molecular weight is 322 g/mol. The standard InChI is InChI=1S/C18H23NO2.ClH/c1-18(2,15-5-4-6-16(13-15)19-3)21-17-9-7-14(8-10-17)11-12-20;/h4-10,13,19-20H,11-12H2,1-3H3;1H. The predicted molar refractivity (Wildman–Crippen MR) is 94.1 cm³/mol. The molecule has 4 heteroatoms. The largest absolute Gasteiger partial charge is 0.483 e. The second-order valence-corrected chi connectivity index (χ2v) is 5.56. The molecule has 0 aliphatic heterocycles. The van der Waals surface area contributed by atoms with E-state index in [9.17, 15) is 0 Å². The number of halogens is 1. The van der Waals surface area contributed by atoms with Gasteiger partial charge in [-0.15, -0.1) is 12.4 Å². The first-order valence-corrected chi connectivity index (χ1v) is 7.22. The zero-order valence-corrected chi connectivity index (χ0v) is 14.1. The molecule has 0 atom stereocenters. The third kappa shape index (κ3) is 4.65. The molecule has 0 heterocycles. The van der Waals surface area contributed by atoms with E-state index in [-0.39, 0.29) is 19.0 Å². The Morgan fingerprint density at radius 2 is 1.77 bits per heavy atom. The van der Waals surface area contributed by atoms with Crippen LogP contribution in [0.2, 0.25) is 0 Å². The third-order valence-corrected chi connectivity index (χ3v) is 3.54. The number of hydrogen-bond acceptors (Lipinski definition) is 3. The topological polar surface area (TPSA) is 41.5 Å². The number of nitrogens with one attached hydrogen (secondary N) is 1. The number of aliphatic hydroxyl groups is 1. The molecule has 0 aliphatic carbocycles. The molecule has 0 radical (unpaired) electrons. The Labute approximate surface area is 138 Å². The molecule has 120 valence electrons. The van der Waals surface area contributed by atoms with Gasteiger partial charge >= 0.3 is 0 Å². The monoisotopic (exact) mass is 321 g/mol.